The van der Waals surface area contributed by atoms with Gasteiger partial charge in [0.25, 0.3) is 0 Å². The smallest absolute Gasteiger partial charge is 0.246 e. The van der Waals surface area contributed by atoms with Crippen molar-refractivity contribution in [1.29, 1.82) is 0 Å². The third-order valence-electron chi connectivity index (χ3n) is 4.63. The van der Waals surface area contributed by atoms with Crippen molar-refractivity contribution in [1.82, 2.24) is 9.47 Å². The van der Waals surface area contributed by atoms with Crippen molar-refractivity contribution < 1.29 is 9.59 Å². The topological polar surface area (TPSA) is 42.3 Å². The molecule has 4 nitrogen and oxygen atoms in total. The largest absolute Gasteiger partial charge is 0.340 e. The predicted octanol–water partition coefficient (Wildman–Crippen LogP) is 3.40. The molecular weight excluding hydrogens is 356 g/mol. The molecule has 1 aliphatic heterocycles. The van der Waals surface area contributed by atoms with Gasteiger partial charge in [-0.05, 0) is 37.3 Å². The molecule has 0 bridgehead atoms. The van der Waals surface area contributed by atoms with Crippen LogP contribution in [-0.2, 0) is 16.1 Å². The number of nitrogens with zero attached hydrogens (tertiary/aromatic N) is 2. The predicted molar refractivity (Wildman–Crippen MR) is 94.1 cm³/mol. The third-order valence-corrected chi connectivity index (χ3v) is 5.13. The first-order valence-corrected chi connectivity index (χ1v) is 8.48. The molecule has 23 heavy (non-hydrogen) atoms. The minimum atomic E-state index is -0.0526. The van der Waals surface area contributed by atoms with Crippen molar-refractivity contribution in [2.45, 2.75) is 25.9 Å². The number of aromatic nitrogens is 1. The fourth-order valence-electron chi connectivity index (χ4n) is 3.19. The highest BCUT2D eigenvalue weighted by Crippen LogP contribution is 2.28. The molecule has 5 heteroatoms. The van der Waals surface area contributed by atoms with E-state index in [2.05, 4.69) is 22.5 Å². The van der Waals surface area contributed by atoms with E-state index >= 15 is 0 Å². The Labute approximate surface area is 143 Å². The van der Waals surface area contributed by atoms with E-state index in [1.807, 2.05) is 42.0 Å². The standard InChI is InChI=1S/C18H19BrN2O2/c1-3-18(23)21-10-14(12(21)2)9-16(22)11-20-7-6-13-8-15(19)4-5-17(13)20/h3-8,12,14H,1,9-11H2,2H3. The van der Waals surface area contributed by atoms with Crippen molar-refractivity contribution in [3.63, 3.8) is 0 Å². The second kappa shape index (κ2) is 6.32. The van der Waals surface area contributed by atoms with Gasteiger partial charge in [0.15, 0.2) is 5.78 Å². The number of benzene rings is 1. The molecule has 1 aromatic heterocycles. The number of amides is 1. The highest BCUT2D eigenvalue weighted by Gasteiger charge is 2.38. The minimum absolute atomic E-state index is 0.0526. The first-order valence-electron chi connectivity index (χ1n) is 7.68. The van der Waals surface area contributed by atoms with Crippen molar-refractivity contribution in [3.8, 4) is 0 Å². The van der Waals surface area contributed by atoms with Crippen molar-refractivity contribution in [3.05, 3.63) is 47.6 Å². The number of halogens is 1. The molecule has 2 atom stereocenters. The number of Topliss-reactive ketones (excluding diaryl/α,β-unsaturated/α-hetero) is 1. The summed E-state index contributed by atoms with van der Waals surface area (Å²) in [5.74, 6) is 0.401. The normalized spacial score (nSPS) is 20.3. The quantitative estimate of drug-likeness (QED) is 0.752. The molecule has 1 amide bonds. The SMILES string of the molecule is C=CC(=O)N1CC(CC(=O)Cn2ccc3cc(Br)ccc32)C1C. The number of likely N-dealkylation sites (tertiary alicyclic amines) is 1. The lowest BCUT2D eigenvalue weighted by Gasteiger charge is -2.45. The van der Waals surface area contributed by atoms with Crippen LogP contribution in [0.4, 0.5) is 0 Å². The number of hydrogen-bond donors (Lipinski definition) is 0. The van der Waals surface area contributed by atoms with Gasteiger partial charge in [0, 0.05) is 46.5 Å². The van der Waals surface area contributed by atoms with Gasteiger partial charge in [-0.1, -0.05) is 22.5 Å². The zero-order valence-corrected chi connectivity index (χ0v) is 14.6. The monoisotopic (exact) mass is 374 g/mol. The summed E-state index contributed by atoms with van der Waals surface area (Å²) in [7, 11) is 0. The summed E-state index contributed by atoms with van der Waals surface area (Å²) < 4.78 is 3.02. The van der Waals surface area contributed by atoms with Crippen LogP contribution in [0.15, 0.2) is 47.6 Å². The lowest BCUT2D eigenvalue weighted by atomic mass is 9.85. The molecule has 1 fully saturated rings. The minimum Gasteiger partial charge on any atom is -0.340 e. The van der Waals surface area contributed by atoms with Crippen LogP contribution in [0.3, 0.4) is 0 Å². The Hall–Kier alpha value is -1.88. The van der Waals surface area contributed by atoms with Gasteiger partial charge in [0.2, 0.25) is 5.91 Å². The maximum absolute atomic E-state index is 12.4. The van der Waals surface area contributed by atoms with Gasteiger partial charge in [0.1, 0.15) is 0 Å². The van der Waals surface area contributed by atoms with Gasteiger partial charge in [-0.3, -0.25) is 9.59 Å². The highest BCUT2D eigenvalue weighted by molar-refractivity contribution is 9.10. The van der Waals surface area contributed by atoms with Crippen LogP contribution < -0.4 is 0 Å². The summed E-state index contributed by atoms with van der Waals surface area (Å²) in [6, 6.07) is 8.17. The Bertz CT molecular complexity index is 780. The number of ketones is 1. The highest BCUT2D eigenvalue weighted by atomic mass is 79.9. The molecule has 1 aliphatic rings. The van der Waals surface area contributed by atoms with Crippen LogP contribution in [0.25, 0.3) is 10.9 Å². The average Bonchev–Trinajstić information content (AvgIpc) is 2.91. The van der Waals surface area contributed by atoms with Gasteiger partial charge in [-0.15, -0.1) is 0 Å². The van der Waals surface area contributed by atoms with E-state index in [0.29, 0.717) is 19.5 Å². The van der Waals surface area contributed by atoms with Crippen LogP contribution in [0.5, 0.6) is 0 Å². The molecule has 1 saturated heterocycles. The Morgan fingerprint density at radius 2 is 2.17 bits per heavy atom. The molecule has 2 heterocycles. The fourth-order valence-corrected chi connectivity index (χ4v) is 3.57. The van der Waals surface area contributed by atoms with Crippen LogP contribution >= 0.6 is 15.9 Å². The van der Waals surface area contributed by atoms with E-state index in [0.717, 1.165) is 15.4 Å². The van der Waals surface area contributed by atoms with E-state index in [9.17, 15) is 9.59 Å². The summed E-state index contributed by atoms with van der Waals surface area (Å²) in [6.45, 7) is 6.52. The van der Waals surface area contributed by atoms with E-state index in [-0.39, 0.29) is 23.7 Å². The zero-order chi connectivity index (χ0) is 16.6. The lowest BCUT2D eigenvalue weighted by molar-refractivity contribution is -0.140. The maximum Gasteiger partial charge on any atom is 0.246 e. The molecule has 0 aliphatic carbocycles. The second-order valence-corrected chi connectivity index (χ2v) is 7.00. The maximum atomic E-state index is 12.4. The van der Waals surface area contributed by atoms with Gasteiger partial charge in [-0.25, -0.2) is 0 Å². The van der Waals surface area contributed by atoms with Crippen LogP contribution in [0, 0.1) is 5.92 Å². The van der Waals surface area contributed by atoms with Gasteiger partial charge in [0.05, 0.1) is 6.54 Å². The van der Waals surface area contributed by atoms with Crippen molar-refractivity contribution in [2.24, 2.45) is 5.92 Å². The molecular formula is C18H19BrN2O2. The molecule has 1 aromatic carbocycles. The Kier molecular flexibility index (Phi) is 4.39. The van der Waals surface area contributed by atoms with Crippen LogP contribution in [0.2, 0.25) is 0 Å². The molecule has 0 spiro atoms. The molecule has 3 rings (SSSR count). The number of carbonyl (C=O) groups is 2. The molecule has 120 valence electrons. The Morgan fingerprint density at radius 1 is 1.39 bits per heavy atom. The number of carbonyl (C=O) groups excluding carboxylic acids is 2. The summed E-state index contributed by atoms with van der Waals surface area (Å²) in [6.07, 6.45) is 3.80. The van der Waals surface area contributed by atoms with Gasteiger partial charge in [-0.2, -0.15) is 0 Å². The first kappa shape index (κ1) is 16.0. The van der Waals surface area contributed by atoms with E-state index in [1.54, 1.807) is 4.90 Å². The fraction of sp³-hybridized carbons (Fsp3) is 0.333. The number of rotatable bonds is 5. The summed E-state index contributed by atoms with van der Waals surface area (Å²) in [5.41, 5.74) is 1.06. The summed E-state index contributed by atoms with van der Waals surface area (Å²) in [5, 5.41) is 1.12. The first-order chi connectivity index (χ1) is 11.0. The van der Waals surface area contributed by atoms with Crippen molar-refractivity contribution >= 4 is 38.5 Å². The van der Waals surface area contributed by atoms with Crippen molar-refractivity contribution in [2.75, 3.05) is 6.54 Å². The zero-order valence-electron chi connectivity index (χ0n) is 13.0. The van der Waals surface area contributed by atoms with Gasteiger partial charge < -0.3 is 9.47 Å². The molecule has 2 unspecified atom stereocenters. The second-order valence-electron chi connectivity index (χ2n) is 6.08. The molecule has 2 aromatic rings. The third kappa shape index (κ3) is 3.11. The average molecular weight is 375 g/mol. The molecule has 0 N–H and O–H groups in total. The lowest BCUT2D eigenvalue weighted by Crippen LogP contribution is -2.57. The Morgan fingerprint density at radius 3 is 2.87 bits per heavy atom. The summed E-state index contributed by atoms with van der Waals surface area (Å²) in [4.78, 5) is 25.7. The summed E-state index contributed by atoms with van der Waals surface area (Å²) >= 11 is 3.46. The van der Waals surface area contributed by atoms with Crippen LogP contribution in [-0.4, -0.2) is 33.7 Å². The van der Waals surface area contributed by atoms with E-state index in [4.69, 9.17) is 0 Å². The molecule has 0 saturated carbocycles. The molecule has 0 radical (unpaired) electrons. The number of hydrogen-bond acceptors (Lipinski definition) is 2. The number of fused-ring (bicyclic) bond motifs is 1. The Balaban J connectivity index is 1.62. The van der Waals surface area contributed by atoms with E-state index < -0.39 is 0 Å². The van der Waals surface area contributed by atoms with Crippen LogP contribution in [0.1, 0.15) is 13.3 Å². The van der Waals surface area contributed by atoms with Gasteiger partial charge >= 0.3 is 0 Å². The van der Waals surface area contributed by atoms with E-state index in [1.165, 1.54) is 6.08 Å².